The van der Waals surface area contributed by atoms with Gasteiger partial charge >= 0.3 is 12.1 Å². The first-order valence-corrected chi connectivity index (χ1v) is 9.54. The minimum Gasteiger partial charge on any atom is -0.478 e. The number of aromatic carboxylic acids is 1. The molecule has 0 unspecified atom stereocenters. The highest BCUT2D eigenvalue weighted by Crippen LogP contribution is 2.30. The monoisotopic (exact) mass is 431 g/mol. The normalized spacial score (nSPS) is 11.4. The second kappa shape index (κ2) is 9.03. The Morgan fingerprint density at radius 3 is 2.29 bits per heavy atom. The van der Waals surface area contributed by atoms with Crippen molar-refractivity contribution in [2.75, 3.05) is 11.9 Å². The first-order valence-electron chi connectivity index (χ1n) is 9.54. The molecule has 0 saturated carbocycles. The second-order valence-electron chi connectivity index (χ2n) is 6.89. The number of hydrogen-bond acceptors (Lipinski definition) is 4. The Labute approximate surface area is 176 Å². The molecule has 9 heteroatoms. The quantitative estimate of drug-likeness (QED) is 0.576. The molecular formula is C22H20F3N3O3. The van der Waals surface area contributed by atoms with Gasteiger partial charge in [0, 0.05) is 18.2 Å². The average molecular weight is 431 g/mol. The van der Waals surface area contributed by atoms with Crippen molar-refractivity contribution in [3.8, 4) is 11.3 Å². The van der Waals surface area contributed by atoms with E-state index in [1.54, 1.807) is 12.1 Å². The van der Waals surface area contributed by atoms with Gasteiger partial charge in [0.2, 0.25) is 5.95 Å². The molecule has 0 atom stereocenters. The Balaban J connectivity index is 1.97. The number of nitrogens with one attached hydrogen (secondary N) is 1. The predicted molar refractivity (Wildman–Crippen MR) is 110 cm³/mol. The lowest BCUT2D eigenvalue weighted by molar-refractivity contribution is -0.137. The molecule has 0 radical (unpaired) electrons. The molecule has 3 rings (SSSR count). The van der Waals surface area contributed by atoms with E-state index in [-0.39, 0.29) is 29.3 Å². The molecule has 6 nitrogen and oxygen atoms in total. The van der Waals surface area contributed by atoms with Crippen molar-refractivity contribution in [2.24, 2.45) is 0 Å². The van der Waals surface area contributed by atoms with E-state index in [4.69, 9.17) is 5.11 Å². The van der Waals surface area contributed by atoms with Gasteiger partial charge in [-0.1, -0.05) is 31.2 Å². The van der Waals surface area contributed by atoms with Crippen LogP contribution in [0.15, 0.2) is 59.4 Å². The van der Waals surface area contributed by atoms with Crippen LogP contribution in [0.1, 0.15) is 34.8 Å². The molecule has 0 saturated heterocycles. The Morgan fingerprint density at radius 2 is 1.74 bits per heavy atom. The van der Waals surface area contributed by atoms with Crippen LogP contribution in [0.5, 0.6) is 0 Å². The predicted octanol–water partition coefficient (Wildman–Crippen LogP) is 4.50. The fraction of sp³-hybridized carbons (Fsp3) is 0.227. The molecule has 0 aliphatic rings. The van der Waals surface area contributed by atoms with Gasteiger partial charge in [0.05, 0.1) is 23.4 Å². The lowest BCUT2D eigenvalue weighted by atomic mass is 10.1. The molecule has 2 aromatic carbocycles. The van der Waals surface area contributed by atoms with Crippen LogP contribution in [0.2, 0.25) is 0 Å². The molecule has 162 valence electrons. The number of carbonyl (C=O) groups is 1. The Hall–Kier alpha value is -3.62. The van der Waals surface area contributed by atoms with E-state index in [1.807, 2.05) is 6.92 Å². The highest BCUT2D eigenvalue weighted by Gasteiger charge is 2.30. The minimum absolute atomic E-state index is 0.135. The summed E-state index contributed by atoms with van der Waals surface area (Å²) in [6, 6.07) is 11.9. The van der Waals surface area contributed by atoms with Gasteiger partial charge in [-0.05, 0) is 36.2 Å². The fourth-order valence-electron chi connectivity index (χ4n) is 2.94. The van der Waals surface area contributed by atoms with Crippen molar-refractivity contribution < 1.29 is 23.1 Å². The number of halogens is 3. The molecule has 0 amide bonds. The zero-order chi connectivity index (χ0) is 22.6. The van der Waals surface area contributed by atoms with Crippen LogP contribution in [0.4, 0.5) is 19.1 Å². The van der Waals surface area contributed by atoms with Gasteiger partial charge in [-0.15, -0.1) is 0 Å². The zero-order valence-corrected chi connectivity index (χ0v) is 16.6. The van der Waals surface area contributed by atoms with Crippen molar-refractivity contribution in [3.63, 3.8) is 0 Å². The fourth-order valence-corrected chi connectivity index (χ4v) is 2.94. The van der Waals surface area contributed by atoms with Gasteiger partial charge < -0.3 is 10.4 Å². The minimum atomic E-state index is -4.45. The third-order valence-electron chi connectivity index (χ3n) is 4.59. The molecule has 1 heterocycles. The van der Waals surface area contributed by atoms with E-state index < -0.39 is 17.7 Å². The molecule has 0 aliphatic heterocycles. The van der Waals surface area contributed by atoms with Crippen LogP contribution in [-0.2, 0) is 12.7 Å². The van der Waals surface area contributed by atoms with Gasteiger partial charge in [0.25, 0.3) is 5.56 Å². The largest absolute Gasteiger partial charge is 0.478 e. The highest BCUT2D eigenvalue weighted by atomic mass is 19.4. The van der Waals surface area contributed by atoms with E-state index in [9.17, 15) is 22.8 Å². The van der Waals surface area contributed by atoms with Crippen LogP contribution in [0.3, 0.4) is 0 Å². The maximum absolute atomic E-state index is 12.8. The van der Waals surface area contributed by atoms with E-state index >= 15 is 0 Å². The molecule has 31 heavy (non-hydrogen) atoms. The van der Waals surface area contributed by atoms with Crippen molar-refractivity contribution in [1.82, 2.24) is 9.55 Å². The number of aromatic nitrogens is 2. The Bertz CT molecular complexity index is 1120. The third-order valence-corrected chi connectivity index (χ3v) is 4.59. The second-order valence-corrected chi connectivity index (χ2v) is 6.89. The number of rotatable bonds is 7. The lowest BCUT2D eigenvalue weighted by Crippen LogP contribution is -2.25. The molecule has 3 aromatic rings. The van der Waals surface area contributed by atoms with Crippen molar-refractivity contribution in [2.45, 2.75) is 26.1 Å². The van der Waals surface area contributed by atoms with Crippen LogP contribution in [-0.4, -0.2) is 27.2 Å². The summed E-state index contributed by atoms with van der Waals surface area (Å²) in [5, 5.41) is 12.1. The van der Waals surface area contributed by atoms with E-state index in [0.717, 1.165) is 18.6 Å². The molecule has 0 bridgehead atoms. The van der Waals surface area contributed by atoms with E-state index in [2.05, 4.69) is 10.3 Å². The summed E-state index contributed by atoms with van der Waals surface area (Å²) in [7, 11) is 0. The number of anilines is 1. The number of alkyl halides is 3. The van der Waals surface area contributed by atoms with Crippen molar-refractivity contribution in [1.29, 1.82) is 0 Å². The summed E-state index contributed by atoms with van der Waals surface area (Å²) in [6.45, 7) is 2.64. The number of carboxylic acid groups (broad SMARTS) is 1. The van der Waals surface area contributed by atoms with E-state index in [1.165, 1.54) is 34.9 Å². The smallest absolute Gasteiger partial charge is 0.416 e. The summed E-state index contributed by atoms with van der Waals surface area (Å²) in [5.74, 6) is -0.761. The summed E-state index contributed by atoms with van der Waals surface area (Å²) in [5.41, 5.74) is 0.328. The maximum Gasteiger partial charge on any atom is 0.416 e. The van der Waals surface area contributed by atoms with Gasteiger partial charge in [0.1, 0.15) is 0 Å². The van der Waals surface area contributed by atoms with Gasteiger partial charge in [-0.25, -0.2) is 9.78 Å². The first kappa shape index (κ1) is 22.1. The van der Waals surface area contributed by atoms with Gasteiger partial charge in [-0.2, -0.15) is 13.2 Å². The SMILES string of the molecule is CCCNc1nc(-c2ccc(C(F)(F)F)cc2)cc(=O)n1Cc1ccc(C(=O)O)cc1. The van der Waals surface area contributed by atoms with E-state index in [0.29, 0.717) is 17.7 Å². The lowest BCUT2D eigenvalue weighted by Gasteiger charge is -2.15. The Kier molecular flexibility index (Phi) is 6.43. The Morgan fingerprint density at radius 1 is 1.10 bits per heavy atom. The zero-order valence-electron chi connectivity index (χ0n) is 16.6. The summed E-state index contributed by atoms with van der Waals surface area (Å²) >= 11 is 0. The molecule has 0 aliphatic carbocycles. The molecule has 0 fully saturated rings. The molecule has 1 aromatic heterocycles. The third kappa shape index (κ3) is 5.30. The number of benzene rings is 2. The van der Waals surface area contributed by atoms with Crippen LogP contribution in [0.25, 0.3) is 11.3 Å². The van der Waals surface area contributed by atoms with Crippen molar-refractivity contribution >= 4 is 11.9 Å². The standard InChI is InChI=1S/C22H20F3N3O3/c1-2-11-26-21-27-18(15-7-9-17(10-8-15)22(23,24)25)12-19(29)28(21)13-14-3-5-16(6-4-14)20(30)31/h3-10,12H,2,11,13H2,1H3,(H,26,27)(H,30,31). The van der Waals surface area contributed by atoms with Crippen LogP contribution < -0.4 is 10.9 Å². The van der Waals surface area contributed by atoms with Gasteiger partial charge in [-0.3, -0.25) is 9.36 Å². The average Bonchev–Trinajstić information content (AvgIpc) is 2.73. The number of carboxylic acids is 1. The summed E-state index contributed by atoms with van der Waals surface area (Å²) in [6.07, 6.45) is -3.67. The topological polar surface area (TPSA) is 84.2 Å². The first-order chi connectivity index (χ1) is 14.7. The summed E-state index contributed by atoms with van der Waals surface area (Å²) < 4.78 is 39.8. The van der Waals surface area contributed by atoms with Crippen molar-refractivity contribution in [3.05, 3.63) is 81.6 Å². The highest BCUT2D eigenvalue weighted by molar-refractivity contribution is 5.87. The molecule has 2 N–H and O–H groups in total. The van der Waals surface area contributed by atoms with Crippen LogP contribution in [0, 0.1) is 0 Å². The molecular weight excluding hydrogens is 411 g/mol. The number of hydrogen-bond donors (Lipinski definition) is 2. The summed E-state index contributed by atoms with van der Waals surface area (Å²) in [4.78, 5) is 28.3. The molecule has 0 spiro atoms. The van der Waals surface area contributed by atoms with Gasteiger partial charge in [0.15, 0.2) is 0 Å². The van der Waals surface area contributed by atoms with Crippen LogP contribution >= 0.6 is 0 Å². The maximum atomic E-state index is 12.8. The number of nitrogens with zero attached hydrogens (tertiary/aromatic N) is 2.